The highest BCUT2D eigenvalue weighted by molar-refractivity contribution is 6.32. The van der Waals surface area contributed by atoms with E-state index < -0.39 is 0 Å². The Morgan fingerprint density at radius 3 is 2.28 bits per heavy atom. The zero-order valence-electron chi connectivity index (χ0n) is 15.7. The second kappa shape index (κ2) is 9.57. The number of benzene rings is 3. The van der Waals surface area contributed by atoms with Crippen LogP contribution in [0.15, 0.2) is 78.9 Å². The number of nitrogens with one attached hydrogen (secondary N) is 2. The van der Waals surface area contributed by atoms with Gasteiger partial charge in [0, 0.05) is 24.4 Å². The molecular formula is C23H19ClN2O3. The van der Waals surface area contributed by atoms with Gasteiger partial charge in [0.2, 0.25) is 5.91 Å². The van der Waals surface area contributed by atoms with E-state index in [0.717, 1.165) is 5.56 Å². The predicted molar refractivity (Wildman–Crippen MR) is 115 cm³/mol. The van der Waals surface area contributed by atoms with E-state index in [1.165, 1.54) is 6.08 Å². The normalized spacial score (nSPS) is 10.6. The van der Waals surface area contributed by atoms with Crippen molar-refractivity contribution in [3.63, 3.8) is 0 Å². The van der Waals surface area contributed by atoms with Crippen molar-refractivity contribution in [1.29, 1.82) is 0 Å². The average Bonchev–Trinajstić information content (AvgIpc) is 2.75. The number of amides is 2. The summed E-state index contributed by atoms with van der Waals surface area (Å²) in [6.07, 6.45) is 3.11. The third-order valence-corrected chi connectivity index (χ3v) is 4.33. The molecule has 0 aromatic heterocycles. The number of hydrogen-bond acceptors (Lipinski definition) is 3. The third-order valence-electron chi connectivity index (χ3n) is 4.01. The number of carbonyl (C=O) groups excluding carboxylic acids is 2. The molecule has 0 unspecified atom stereocenters. The molecule has 3 aromatic rings. The summed E-state index contributed by atoms with van der Waals surface area (Å²) in [4.78, 5) is 23.6. The van der Waals surface area contributed by atoms with E-state index in [0.29, 0.717) is 27.8 Å². The Morgan fingerprint density at radius 2 is 1.62 bits per heavy atom. The van der Waals surface area contributed by atoms with Crippen LogP contribution in [-0.4, -0.2) is 18.9 Å². The van der Waals surface area contributed by atoms with Crippen LogP contribution >= 0.6 is 11.6 Å². The minimum atomic E-state index is -0.264. The van der Waals surface area contributed by atoms with Crippen LogP contribution in [0.1, 0.15) is 15.9 Å². The summed E-state index contributed by atoms with van der Waals surface area (Å²) in [7, 11) is 1.58. The molecule has 0 atom stereocenters. The van der Waals surface area contributed by atoms with Crippen LogP contribution in [-0.2, 0) is 4.79 Å². The number of para-hydroxylation sites is 1. The smallest absolute Gasteiger partial charge is 0.251 e. The summed E-state index contributed by atoms with van der Waals surface area (Å²) in [5.41, 5.74) is 2.02. The number of anilines is 1. The molecule has 146 valence electrons. The number of halogens is 1. The van der Waals surface area contributed by atoms with Crippen molar-refractivity contribution in [2.24, 2.45) is 0 Å². The monoisotopic (exact) mass is 406 g/mol. The lowest BCUT2D eigenvalue weighted by atomic mass is 10.1. The van der Waals surface area contributed by atoms with Gasteiger partial charge in [0.1, 0.15) is 11.5 Å². The van der Waals surface area contributed by atoms with Gasteiger partial charge in [-0.05, 0) is 60.2 Å². The first kappa shape index (κ1) is 20.2. The number of hydrogen-bond donors (Lipinski definition) is 2. The van der Waals surface area contributed by atoms with E-state index in [-0.39, 0.29) is 11.8 Å². The molecule has 29 heavy (non-hydrogen) atoms. The first-order chi connectivity index (χ1) is 14.0. The summed E-state index contributed by atoms with van der Waals surface area (Å²) in [6, 6.07) is 21.2. The van der Waals surface area contributed by atoms with Crippen LogP contribution in [0.3, 0.4) is 0 Å². The van der Waals surface area contributed by atoms with Gasteiger partial charge in [0.15, 0.2) is 0 Å². The van der Waals surface area contributed by atoms with Crippen molar-refractivity contribution in [2.75, 3.05) is 12.4 Å². The van der Waals surface area contributed by atoms with Gasteiger partial charge in [0.05, 0.1) is 5.02 Å². The molecule has 2 N–H and O–H groups in total. The first-order valence-corrected chi connectivity index (χ1v) is 9.26. The molecule has 3 aromatic carbocycles. The van der Waals surface area contributed by atoms with Gasteiger partial charge in [-0.3, -0.25) is 9.59 Å². The van der Waals surface area contributed by atoms with Crippen molar-refractivity contribution < 1.29 is 14.3 Å². The minimum absolute atomic E-state index is 0.153. The molecule has 0 aliphatic rings. The summed E-state index contributed by atoms with van der Waals surface area (Å²) >= 11 is 6.08. The number of rotatable bonds is 6. The molecule has 0 radical (unpaired) electrons. The van der Waals surface area contributed by atoms with Crippen molar-refractivity contribution in [1.82, 2.24) is 5.32 Å². The molecule has 5 nitrogen and oxygen atoms in total. The van der Waals surface area contributed by atoms with E-state index in [1.807, 2.05) is 12.1 Å². The second-order valence-corrected chi connectivity index (χ2v) is 6.49. The summed E-state index contributed by atoms with van der Waals surface area (Å²) in [5, 5.41) is 5.87. The van der Waals surface area contributed by atoms with Gasteiger partial charge in [-0.25, -0.2) is 0 Å². The maximum atomic E-state index is 12.1. The summed E-state index contributed by atoms with van der Waals surface area (Å²) in [5.74, 6) is 0.763. The molecular weight excluding hydrogens is 388 g/mol. The van der Waals surface area contributed by atoms with Crippen LogP contribution in [0.25, 0.3) is 6.08 Å². The SMILES string of the molecule is CNC(=O)c1ccc(/C=C/C(=O)Nc2ccc(Oc3ccccc3Cl)cc2)cc1. The zero-order valence-corrected chi connectivity index (χ0v) is 16.4. The van der Waals surface area contributed by atoms with E-state index in [1.54, 1.807) is 73.8 Å². The molecule has 0 spiro atoms. The Morgan fingerprint density at radius 1 is 0.931 bits per heavy atom. The van der Waals surface area contributed by atoms with Crippen LogP contribution in [0.2, 0.25) is 5.02 Å². The lowest BCUT2D eigenvalue weighted by Gasteiger charge is -2.08. The highest BCUT2D eigenvalue weighted by Crippen LogP contribution is 2.29. The Labute approximate surface area is 174 Å². The van der Waals surface area contributed by atoms with Crippen LogP contribution in [0, 0.1) is 0 Å². The van der Waals surface area contributed by atoms with E-state index in [4.69, 9.17) is 16.3 Å². The van der Waals surface area contributed by atoms with Gasteiger partial charge < -0.3 is 15.4 Å². The zero-order chi connectivity index (χ0) is 20.6. The minimum Gasteiger partial charge on any atom is -0.456 e. The quantitative estimate of drug-likeness (QED) is 0.557. The van der Waals surface area contributed by atoms with Crippen LogP contribution < -0.4 is 15.4 Å². The Hall–Kier alpha value is -3.57. The molecule has 0 saturated carbocycles. The molecule has 3 rings (SSSR count). The topological polar surface area (TPSA) is 67.4 Å². The predicted octanol–water partition coefficient (Wildman–Crippen LogP) is 5.14. The average molecular weight is 407 g/mol. The van der Waals surface area contributed by atoms with Crippen LogP contribution in [0.4, 0.5) is 5.69 Å². The molecule has 0 aliphatic carbocycles. The van der Waals surface area contributed by atoms with Crippen molar-refractivity contribution in [3.05, 3.63) is 95.0 Å². The number of ether oxygens (including phenoxy) is 1. The summed E-state index contributed by atoms with van der Waals surface area (Å²) < 4.78 is 5.72. The standard InChI is InChI=1S/C23H19ClN2O3/c1-25-23(28)17-9-6-16(7-10-17)8-15-22(27)26-18-11-13-19(14-12-18)29-21-5-3-2-4-20(21)24/h2-15H,1H3,(H,25,28)(H,26,27)/b15-8+. The largest absolute Gasteiger partial charge is 0.456 e. The van der Waals surface area contributed by atoms with Gasteiger partial charge in [-0.15, -0.1) is 0 Å². The Bertz CT molecular complexity index is 1030. The van der Waals surface area contributed by atoms with Crippen molar-refractivity contribution in [2.45, 2.75) is 0 Å². The fourth-order valence-electron chi connectivity index (χ4n) is 2.51. The molecule has 0 bridgehead atoms. The lowest BCUT2D eigenvalue weighted by molar-refractivity contribution is -0.111. The second-order valence-electron chi connectivity index (χ2n) is 6.08. The molecule has 0 heterocycles. The van der Waals surface area contributed by atoms with Gasteiger partial charge >= 0.3 is 0 Å². The first-order valence-electron chi connectivity index (χ1n) is 8.89. The fourth-order valence-corrected chi connectivity index (χ4v) is 2.68. The Kier molecular flexibility index (Phi) is 6.66. The molecule has 0 aliphatic heterocycles. The van der Waals surface area contributed by atoms with Crippen molar-refractivity contribution >= 4 is 35.2 Å². The molecule has 0 fully saturated rings. The van der Waals surface area contributed by atoms with E-state index in [9.17, 15) is 9.59 Å². The maximum absolute atomic E-state index is 12.1. The van der Waals surface area contributed by atoms with Gasteiger partial charge in [0.25, 0.3) is 5.91 Å². The fraction of sp³-hybridized carbons (Fsp3) is 0.0435. The highest BCUT2D eigenvalue weighted by Gasteiger charge is 2.04. The molecule has 2 amide bonds. The lowest BCUT2D eigenvalue weighted by Crippen LogP contribution is -2.17. The molecule has 6 heteroatoms. The van der Waals surface area contributed by atoms with E-state index >= 15 is 0 Å². The van der Waals surface area contributed by atoms with E-state index in [2.05, 4.69) is 10.6 Å². The van der Waals surface area contributed by atoms with Crippen molar-refractivity contribution in [3.8, 4) is 11.5 Å². The third kappa shape index (κ3) is 5.70. The van der Waals surface area contributed by atoms with Gasteiger partial charge in [-0.2, -0.15) is 0 Å². The maximum Gasteiger partial charge on any atom is 0.251 e. The molecule has 0 saturated heterocycles. The summed E-state index contributed by atoms with van der Waals surface area (Å²) in [6.45, 7) is 0. The Balaban J connectivity index is 1.57. The highest BCUT2D eigenvalue weighted by atomic mass is 35.5. The number of carbonyl (C=O) groups is 2. The van der Waals surface area contributed by atoms with Crippen LogP contribution in [0.5, 0.6) is 11.5 Å². The van der Waals surface area contributed by atoms with Gasteiger partial charge in [-0.1, -0.05) is 35.9 Å².